The molecule has 21 heavy (non-hydrogen) atoms. The summed E-state index contributed by atoms with van der Waals surface area (Å²) in [4.78, 5) is 13.9. The summed E-state index contributed by atoms with van der Waals surface area (Å²) < 4.78 is 5.37. The maximum atomic E-state index is 12.0. The molecule has 4 heteroatoms. The van der Waals surface area contributed by atoms with E-state index in [2.05, 4.69) is 0 Å². The van der Waals surface area contributed by atoms with Crippen molar-refractivity contribution in [3.05, 3.63) is 35.9 Å². The molecule has 4 nitrogen and oxygen atoms in total. The van der Waals surface area contributed by atoms with E-state index in [-0.39, 0.29) is 6.09 Å². The zero-order valence-corrected chi connectivity index (χ0v) is 12.3. The highest BCUT2D eigenvalue weighted by Gasteiger charge is 2.43. The molecule has 0 spiro atoms. The Balaban J connectivity index is 1.41. The van der Waals surface area contributed by atoms with Crippen LogP contribution in [0.5, 0.6) is 0 Å². The minimum Gasteiger partial charge on any atom is -0.445 e. The average Bonchev–Trinajstić information content (AvgIpc) is 3.33. The van der Waals surface area contributed by atoms with Crippen molar-refractivity contribution >= 4 is 6.09 Å². The molecule has 1 aliphatic carbocycles. The lowest BCUT2D eigenvalue weighted by atomic mass is 9.91. The molecule has 1 heterocycles. The summed E-state index contributed by atoms with van der Waals surface area (Å²) in [5.41, 5.74) is 1.02. The van der Waals surface area contributed by atoms with Crippen LogP contribution in [0.3, 0.4) is 0 Å². The normalized spacial score (nSPS) is 25.7. The van der Waals surface area contributed by atoms with Gasteiger partial charge in [-0.15, -0.1) is 0 Å². The van der Waals surface area contributed by atoms with Crippen molar-refractivity contribution in [1.82, 2.24) is 4.90 Å². The third-order valence-corrected chi connectivity index (χ3v) is 4.82. The summed E-state index contributed by atoms with van der Waals surface area (Å²) in [7, 11) is 0. The summed E-state index contributed by atoms with van der Waals surface area (Å²) in [6.07, 6.45) is 3.05. The highest BCUT2D eigenvalue weighted by Crippen LogP contribution is 2.47. The predicted molar refractivity (Wildman–Crippen MR) is 79.6 cm³/mol. The van der Waals surface area contributed by atoms with Crippen LogP contribution >= 0.6 is 0 Å². The number of likely N-dealkylation sites (tertiary alicyclic amines) is 1. The number of nitrogens with zero attached hydrogens (tertiary/aromatic N) is 1. The fourth-order valence-electron chi connectivity index (χ4n) is 3.38. The van der Waals surface area contributed by atoms with E-state index < -0.39 is 0 Å². The van der Waals surface area contributed by atoms with E-state index in [1.165, 1.54) is 6.42 Å². The van der Waals surface area contributed by atoms with Gasteiger partial charge in [-0.3, -0.25) is 0 Å². The Morgan fingerprint density at radius 2 is 1.95 bits per heavy atom. The van der Waals surface area contributed by atoms with Gasteiger partial charge in [0.25, 0.3) is 0 Å². The first-order chi connectivity index (χ1) is 10.3. The molecule has 0 radical (unpaired) electrons. The Morgan fingerprint density at radius 3 is 2.57 bits per heavy atom. The van der Waals surface area contributed by atoms with Crippen LogP contribution in [0.4, 0.5) is 4.79 Å². The minimum absolute atomic E-state index is 0.202. The summed E-state index contributed by atoms with van der Waals surface area (Å²) >= 11 is 0. The van der Waals surface area contributed by atoms with E-state index in [1.807, 2.05) is 35.2 Å². The summed E-state index contributed by atoms with van der Waals surface area (Å²) in [6.45, 7) is 2.23. The molecule has 1 N–H and O–H groups in total. The average molecular weight is 289 g/mol. The van der Waals surface area contributed by atoms with E-state index in [1.54, 1.807) is 0 Å². The number of carbonyl (C=O) groups excluding carboxylic acids is 1. The summed E-state index contributed by atoms with van der Waals surface area (Å²) in [5, 5.41) is 9.14. The van der Waals surface area contributed by atoms with Crippen molar-refractivity contribution in [3.8, 4) is 0 Å². The topological polar surface area (TPSA) is 49.8 Å². The number of hydrogen-bond donors (Lipinski definition) is 1. The maximum absolute atomic E-state index is 12.0. The van der Waals surface area contributed by atoms with Crippen LogP contribution in [0.2, 0.25) is 0 Å². The van der Waals surface area contributed by atoms with Crippen molar-refractivity contribution in [2.45, 2.75) is 25.9 Å². The number of aliphatic hydroxyl groups excluding tert-OH is 1. The lowest BCUT2D eigenvalue weighted by Crippen LogP contribution is -2.39. The first kappa shape index (κ1) is 14.4. The molecule has 1 saturated carbocycles. The molecule has 3 rings (SSSR count). The van der Waals surface area contributed by atoms with Gasteiger partial charge in [0.1, 0.15) is 6.61 Å². The Labute approximate surface area is 125 Å². The smallest absolute Gasteiger partial charge is 0.410 e. The Bertz CT molecular complexity index is 468. The number of aliphatic hydroxyl groups is 1. The Hall–Kier alpha value is -1.55. The van der Waals surface area contributed by atoms with E-state index in [4.69, 9.17) is 9.84 Å². The van der Waals surface area contributed by atoms with Crippen LogP contribution in [0.15, 0.2) is 30.3 Å². The monoisotopic (exact) mass is 289 g/mol. The molecular weight excluding hydrogens is 266 g/mol. The molecule has 2 atom stereocenters. The second kappa shape index (κ2) is 6.48. The number of ether oxygens (including phenoxy) is 1. The zero-order valence-electron chi connectivity index (χ0n) is 12.3. The van der Waals surface area contributed by atoms with Gasteiger partial charge in [0.2, 0.25) is 0 Å². The third-order valence-electron chi connectivity index (χ3n) is 4.82. The second-order valence-electron chi connectivity index (χ2n) is 6.21. The Kier molecular flexibility index (Phi) is 4.44. The van der Waals surface area contributed by atoms with Crippen molar-refractivity contribution in [2.24, 2.45) is 17.8 Å². The molecule has 0 aromatic heterocycles. The molecule has 0 bridgehead atoms. The van der Waals surface area contributed by atoms with Gasteiger partial charge in [0, 0.05) is 19.7 Å². The number of amides is 1. The van der Waals surface area contributed by atoms with Crippen LogP contribution in [-0.2, 0) is 11.3 Å². The first-order valence-corrected chi connectivity index (χ1v) is 7.84. The number of rotatable bonds is 4. The zero-order chi connectivity index (χ0) is 14.7. The van der Waals surface area contributed by atoms with Crippen molar-refractivity contribution in [1.29, 1.82) is 0 Å². The molecule has 0 unspecified atom stereocenters. The predicted octanol–water partition coefficient (Wildman–Crippen LogP) is 2.66. The molecular formula is C17H23NO3. The molecule has 1 aromatic rings. The van der Waals surface area contributed by atoms with Crippen LogP contribution in [0, 0.1) is 17.8 Å². The number of piperidine rings is 1. The molecule has 1 aliphatic heterocycles. The number of benzene rings is 1. The summed E-state index contributed by atoms with van der Waals surface area (Å²) in [6, 6.07) is 9.76. The van der Waals surface area contributed by atoms with Gasteiger partial charge in [0.05, 0.1) is 0 Å². The quantitative estimate of drug-likeness (QED) is 0.927. The molecule has 1 saturated heterocycles. The number of carbonyl (C=O) groups is 1. The maximum Gasteiger partial charge on any atom is 0.410 e. The van der Waals surface area contributed by atoms with Crippen molar-refractivity contribution < 1.29 is 14.6 Å². The summed E-state index contributed by atoms with van der Waals surface area (Å²) in [5.74, 6) is 1.89. The standard InChI is InChI=1S/C17H23NO3/c19-11-15-10-16(15)14-6-8-18(9-7-14)17(20)21-12-13-4-2-1-3-5-13/h1-5,14-16,19H,6-12H2/t15-,16-/m1/s1. The fraction of sp³-hybridized carbons (Fsp3) is 0.588. The van der Waals surface area contributed by atoms with Gasteiger partial charge < -0.3 is 14.7 Å². The van der Waals surface area contributed by atoms with Gasteiger partial charge in [-0.1, -0.05) is 30.3 Å². The minimum atomic E-state index is -0.202. The molecule has 114 valence electrons. The van der Waals surface area contributed by atoms with Crippen LogP contribution in [0.25, 0.3) is 0 Å². The number of hydrogen-bond acceptors (Lipinski definition) is 3. The van der Waals surface area contributed by atoms with E-state index in [0.29, 0.717) is 31.0 Å². The molecule has 1 amide bonds. The highest BCUT2D eigenvalue weighted by molar-refractivity contribution is 5.67. The van der Waals surface area contributed by atoms with Crippen LogP contribution in [-0.4, -0.2) is 35.8 Å². The molecule has 2 aliphatic rings. The van der Waals surface area contributed by atoms with Gasteiger partial charge in [-0.25, -0.2) is 4.79 Å². The third kappa shape index (κ3) is 3.56. The van der Waals surface area contributed by atoms with E-state index >= 15 is 0 Å². The molecule has 1 aromatic carbocycles. The van der Waals surface area contributed by atoms with Crippen LogP contribution in [0.1, 0.15) is 24.8 Å². The lowest BCUT2D eigenvalue weighted by Gasteiger charge is -2.31. The van der Waals surface area contributed by atoms with Crippen LogP contribution < -0.4 is 0 Å². The molecule has 2 fully saturated rings. The van der Waals surface area contributed by atoms with Crippen molar-refractivity contribution in [2.75, 3.05) is 19.7 Å². The van der Waals surface area contributed by atoms with Gasteiger partial charge in [-0.05, 0) is 42.6 Å². The fourth-order valence-corrected chi connectivity index (χ4v) is 3.38. The largest absolute Gasteiger partial charge is 0.445 e. The lowest BCUT2D eigenvalue weighted by molar-refractivity contribution is 0.0791. The van der Waals surface area contributed by atoms with Gasteiger partial charge in [0.15, 0.2) is 0 Å². The highest BCUT2D eigenvalue weighted by atomic mass is 16.6. The van der Waals surface area contributed by atoms with E-state index in [9.17, 15) is 4.79 Å². The van der Waals surface area contributed by atoms with Gasteiger partial charge in [-0.2, -0.15) is 0 Å². The SMILES string of the molecule is O=C(OCc1ccccc1)N1CCC([C@H]2C[C@@H]2CO)CC1. The Morgan fingerprint density at radius 1 is 1.24 bits per heavy atom. The van der Waals surface area contributed by atoms with Crippen molar-refractivity contribution in [3.63, 3.8) is 0 Å². The van der Waals surface area contributed by atoms with Gasteiger partial charge >= 0.3 is 6.09 Å². The van der Waals surface area contributed by atoms with E-state index in [0.717, 1.165) is 31.5 Å². The first-order valence-electron chi connectivity index (χ1n) is 7.84. The second-order valence-corrected chi connectivity index (χ2v) is 6.21.